The molecular formula is C12H16N4O2S. The van der Waals surface area contributed by atoms with E-state index in [-0.39, 0.29) is 11.7 Å². The van der Waals surface area contributed by atoms with Gasteiger partial charge in [0.15, 0.2) is 5.11 Å². The predicted molar refractivity (Wildman–Crippen MR) is 77.7 cm³/mol. The van der Waals surface area contributed by atoms with Gasteiger partial charge >= 0.3 is 6.09 Å². The Hall–Kier alpha value is -2.15. The molecule has 7 heteroatoms. The van der Waals surface area contributed by atoms with Gasteiger partial charge in [0, 0.05) is 0 Å². The fourth-order valence-electron chi connectivity index (χ4n) is 1.43. The van der Waals surface area contributed by atoms with Gasteiger partial charge in [-0.05, 0) is 30.6 Å². The molecule has 0 spiro atoms. The number of rotatable bonds is 6. The number of nitrogens with zero attached hydrogens (tertiary/aromatic N) is 1. The molecule has 6 nitrogen and oxygen atoms in total. The van der Waals surface area contributed by atoms with Crippen molar-refractivity contribution >= 4 is 29.1 Å². The number of ether oxygens (including phenoxy) is 1. The van der Waals surface area contributed by atoms with Gasteiger partial charge < -0.3 is 16.2 Å². The number of thiocarbonyl (C=S) groups is 1. The normalized spacial score (nSPS) is 10.8. The molecule has 0 unspecified atom stereocenters. The van der Waals surface area contributed by atoms with Gasteiger partial charge in [-0.1, -0.05) is 30.3 Å². The smallest absolute Gasteiger partial charge is 0.404 e. The topological polar surface area (TPSA) is 103 Å². The Balaban J connectivity index is 2.63. The molecule has 0 atom stereocenters. The first-order chi connectivity index (χ1) is 9.09. The molecule has 0 aromatic heterocycles. The first-order valence-corrected chi connectivity index (χ1v) is 6.10. The number of benzene rings is 1. The summed E-state index contributed by atoms with van der Waals surface area (Å²) in [6, 6.07) is 9.58. The molecule has 0 aliphatic heterocycles. The molecule has 102 valence electrons. The van der Waals surface area contributed by atoms with E-state index in [1.807, 2.05) is 30.3 Å². The SMILES string of the molecule is NC(=O)OCCC/C(=N\NC(N)=S)c1ccccc1. The van der Waals surface area contributed by atoms with Crippen LogP contribution in [0.15, 0.2) is 35.4 Å². The van der Waals surface area contributed by atoms with Crippen molar-refractivity contribution in [2.45, 2.75) is 12.8 Å². The number of primary amides is 1. The van der Waals surface area contributed by atoms with Crippen LogP contribution >= 0.6 is 12.2 Å². The Labute approximate surface area is 116 Å². The van der Waals surface area contributed by atoms with Gasteiger partial charge in [0.25, 0.3) is 0 Å². The maximum atomic E-state index is 10.5. The molecular weight excluding hydrogens is 264 g/mol. The highest BCUT2D eigenvalue weighted by atomic mass is 32.1. The van der Waals surface area contributed by atoms with Crippen LogP contribution in [0.5, 0.6) is 0 Å². The van der Waals surface area contributed by atoms with Crippen LogP contribution in [0, 0.1) is 0 Å². The minimum Gasteiger partial charge on any atom is -0.450 e. The Morgan fingerprint density at radius 1 is 1.32 bits per heavy atom. The van der Waals surface area contributed by atoms with E-state index >= 15 is 0 Å². The molecule has 5 N–H and O–H groups in total. The van der Waals surface area contributed by atoms with E-state index in [0.717, 1.165) is 11.3 Å². The lowest BCUT2D eigenvalue weighted by Crippen LogP contribution is -2.25. The minimum absolute atomic E-state index is 0.0989. The molecule has 0 aliphatic rings. The predicted octanol–water partition coefficient (Wildman–Crippen LogP) is 1.10. The van der Waals surface area contributed by atoms with E-state index in [9.17, 15) is 4.79 Å². The third kappa shape index (κ3) is 6.37. The molecule has 19 heavy (non-hydrogen) atoms. The van der Waals surface area contributed by atoms with Crippen molar-refractivity contribution in [1.82, 2.24) is 5.43 Å². The number of nitrogens with two attached hydrogens (primary N) is 2. The molecule has 1 aromatic rings. The molecule has 1 rings (SSSR count). The lowest BCUT2D eigenvalue weighted by molar-refractivity contribution is 0.156. The van der Waals surface area contributed by atoms with Gasteiger partial charge in [-0.3, -0.25) is 5.43 Å². The molecule has 0 fully saturated rings. The third-order valence-electron chi connectivity index (χ3n) is 2.21. The Morgan fingerprint density at radius 3 is 2.58 bits per heavy atom. The van der Waals surface area contributed by atoms with E-state index in [4.69, 9.17) is 23.7 Å². The summed E-state index contributed by atoms with van der Waals surface area (Å²) in [4.78, 5) is 10.5. The molecule has 0 saturated heterocycles. The summed E-state index contributed by atoms with van der Waals surface area (Å²) in [5.74, 6) is 0. The zero-order chi connectivity index (χ0) is 14.1. The van der Waals surface area contributed by atoms with Crippen LogP contribution in [-0.4, -0.2) is 23.5 Å². The largest absolute Gasteiger partial charge is 0.450 e. The fraction of sp³-hybridized carbons (Fsp3) is 0.250. The fourth-order valence-corrected chi connectivity index (χ4v) is 1.48. The van der Waals surface area contributed by atoms with E-state index in [1.54, 1.807) is 0 Å². The summed E-state index contributed by atoms with van der Waals surface area (Å²) in [5.41, 5.74) is 14.5. The second kappa shape index (κ2) is 8.04. The van der Waals surface area contributed by atoms with Crippen LogP contribution < -0.4 is 16.9 Å². The van der Waals surface area contributed by atoms with Gasteiger partial charge in [0.1, 0.15) is 0 Å². The first-order valence-electron chi connectivity index (χ1n) is 5.69. The number of nitrogens with one attached hydrogen (secondary N) is 1. The summed E-state index contributed by atoms with van der Waals surface area (Å²) in [5, 5.41) is 4.24. The van der Waals surface area contributed by atoms with Crippen LogP contribution in [0.25, 0.3) is 0 Å². The molecule has 0 bridgehead atoms. The maximum absolute atomic E-state index is 10.5. The summed E-state index contributed by atoms with van der Waals surface area (Å²) < 4.78 is 4.67. The highest BCUT2D eigenvalue weighted by Crippen LogP contribution is 2.06. The van der Waals surface area contributed by atoms with Crippen molar-refractivity contribution in [3.8, 4) is 0 Å². The van der Waals surface area contributed by atoms with Crippen molar-refractivity contribution in [3.63, 3.8) is 0 Å². The summed E-state index contributed by atoms with van der Waals surface area (Å²) >= 11 is 4.71. The zero-order valence-corrected chi connectivity index (χ0v) is 11.2. The summed E-state index contributed by atoms with van der Waals surface area (Å²) in [6.07, 6.45) is 0.433. The second-order valence-electron chi connectivity index (χ2n) is 3.67. The molecule has 1 amide bonds. The van der Waals surface area contributed by atoms with Gasteiger partial charge in [-0.2, -0.15) is 5.10 Å². The number of hydrogen-bond acceptors (Lipinski definition) is 4. The van der Waals surface area contributed by atoms with Gasteiger partial charge in [-0.15, -0.1) is 0 Å². The lowest BCUT2D eigenvalue weighted by Gasteiger charge is -2.07. The van der Waals surface area contributed by atoms with Gasteiger partial charge in [-0.25, -0.2) is 4.79 Å². The molecule has 0 radical (unpaired) electrons. The number of hydrogen-bond donors (Lipinski definition) is 3. The van der Waals surface area contributed by atoms with Crippen LogP contribution in [0.3, 0.4) is 0 Å². The average molecular weight is 280 g/mol. The van der Waals surface area contributed by atoms with Crippen molar-refractivity contribution in [2.24, 2.45) is 16.6 Å². The Morgan fingerprint density at radius 2 is 2.00 bits per heavy atom. The molecule has 0 saturated carbocycles. The van der Waals surface area contributed by atoms with Crippen LogP contribution in [0.1, 0.15) is 18.4 Å². The van der Waals surface area contributed by atoms with E-state index in [1.165, 1.54) is 0 Å². The lowest BCUT2D eigenvalue weighted by atomic mass is 10.1. The van der Waals surface area contributed by atoms with Crippen molar-refractivity contribution < 1.29 is 9.53 Å². The van der Waals surface area contributed by atoms with Gasteiger partial charge in [0.2, 0.25) is 0 Å². The standard InChI is InChI=1S/C12H16N4O2S/c13-11(19)16-15-10(7-4-8-18-12(14)17)9-5-2-1-3-6-9/h1-3,5-6H,4,7-8H2,(H2,14,17)(H3,13,16,19)/b15-10+. The third-order valence-corrected chi connectivity index (χ3v) is 2.30. The number of carbonyl (C=O) groups excluding carboxylic acids is 1. The quantitative estimate of drug-likeness (QED) is 0.313. The van der Waals surface area contributed by atoms with Gasteiger partial charge in [0.05, 0.1) is 12.3 Å². The highest BCUT2D eigenvalue weighted by molar-refractivity contribution is 7.80. The summed E-state index contributed by atoms with van der Waals surface area (Å²) in [7, 11) is 0. The number of hydrazone groups is 1. The van der Waals surface area contributed by atoms with Crippen LogP contribution in [-0.2, 0) is 4.74 Å². The molecule has 0 heterocycles. The van der Waals surface area contributed by atoms with Crippen molar-refractivity contribution in [1.29, 1.82) is 0 Å². The minimum atomic E-state index is -0.778. The van der Waals surface area contributed by atoms with Crippen molar-refractivity contribution in [3.05, 3.63) is 35.9 Å². The Kier molecular flexibility index (Phi) is 6.31. The second-order valence-corrected chi connectivity index (χ2v) is 4.11. The Bertz CT molecular complexity index is 462. The summed E-state index contributed by atoms with van der Waals surface area (Å²) in [6.45, 7) is 0.244. The zero-order valence-electron chi connectivity index (χ0n) is 10.3. The monoisotopic (exact) mass is 280 g/mol. The molecule has 0 aliphatic carbocycles. The van der Waals surface area contributed by atoms with E-state index < -0.39 is 6.09 Å². The van der Waals surface area contributed by atoms with E-state index in [2.05, 4.69) is 15.3 Å². The van der Waals surface area contributed by atoms with Crippen molar-refractivity contribution in [2.75, 3.05) is 6.61 Å². The number of carbonyl (C=O) groups is 1. The molecule has 1 aromatic carbocycles. The van der Waals surface area contributed by atoms with E-state index in [0.29, 0.717) is 12.8 Å². The van der Waals surface area contributed by atoms with Crippen LogP contribution in [0.2, 0.25) is 0 Å². The maximum Gasteiger partial charge on any atom is 0.404 e. The average Bonchev–Trinajstić information content (AvgIpc) is 2.38. The number of amides is 1. The highest BCUT2D eigenvalue weighted by Gasteiger charge is 2.04. The van der Waals surface area contributed by atoms with Crippen LogP contribution in [0.4, 0.5) is 4.79 Å². The first kappa shape index (κ1) is 14.9.